The number of aromatic nitrogens is 2. The standard InChI is InChI=1S/C16H22ClN5.HI/c1-18-16(20-8-2-11-22-12-10-19-13-22)21-9-7-14-3-5-15(17)6-4-14;/h3-6,10,12-13H,2,7-9,11H2,1H3,(H2,18,20,21);1H. The molecule has 0 radical (unpaired) electrons. The molecule has 0 aliphatic rings. The number of benzene rings is 1. The third kappa shape index (κ3) is 7.69. The fourth-order valence-electron chi connectivity index (χ4n) is 2.08. The highest BCUT2D eigenvalue weighted by Gasteiger charge is 1.98. The van der Waals surface area contributed by atoms with E-state index in [4.69, 9.17) is 11.6 Å². The van der Waals surface area contributed by atoms with E-state index < -0.39 is 0 Å². The molecule has 0 aliphatic heterocycles. The Balaban J connectivity index is 0.00000264. The normalized spacial score (nSPS) is 11.0. The Morgan fingerprint density at radius 2 is 1.96 bits per heavy atom. The lowest BCUT2D eigenvalue weighted by molar-refractivity contribution is 0.624. The smallest absolute Gasteiger partial charge is 0.190 e. The number of aryl methyl sites for hydroxylation is 1. The van der Waals surface area contributed by atoms with Crippen LogP contribution in [0.15, 0.2) is 48.0 Å². The van der Waals surface area contributed by atoms with Crippen LogP contribution >= 0.6 is 35.6 Å². The zero-order valence-corrected chi connectivity index (χ0v) is 16.3. The average molecular weight is 448 g/mol. The Labute approximate surface area is 159 Å². The quantitative estimate of drug-likeness (QED) is 0.297. The van der Waals surface area contributed by atoms with Crippen molar-refractivity contribution < 1.29 is 0 Å². The molecule has 0 bridgehead atoms. The minimum absolute atomic E-state index is 0. The molecule has 0 saturated heterocycles. The van der Waals surface area contributed by atoms with Crippen LogP contribution in [0.5, 0.6) is 0 Å². The van der Waals surface area contributed by atoms with E-state index in [1.54, 1.807) is 13.2 Å². The van der Waals surface area contributed by atoms with Crippen LogP contribution in [0.2, 0.25) is 5.02 Å². The van der Waals surface area contributed by atoms with E-state index in [0.717, 1.165) is 43.5 Å². The van der Waals surface area contributed by atoms with Crippen molar-refractivity contribution in [3.05, 3.63) is 53.6 Å². The predicted molar refractivity (Wildman–Crippen MR) is 107 cm³/mol. The monoisotopic (exact) mass is 447 g/mol. The molecule has 0 amide bonds. The number of halogens is 2. The number of nitrogens with zero attached hydrogens (tertiary/aromatic N) is 3. The number of nitrogens with one attached hydrogen (secondary N) is 2. The summed E-state index contributed by atoms with van der Waals surface area (Å²) < 4.78 is 2.07. The van der Waals surface area contributed by atoms with Crippen molar-refractivity contribution in [1.82, 2.24) is 20.2 Å². The summed E-state index contributed by atoms with van der Waals surface area (Å²) in [6.45, 7) is 2.66. The largest absolute Gasteiger partial charge is 0.356 e. The Kier molecular flexibility index (Phi) is 9.70. The molecular weight excluding hydrogens is 425 g/mol. The molecule has 0 saturated carbocycles. The molecule has 1 aromatic heterocycles. The van der Waals surface area contributed by atoms with Crippen LogP contribution in [0.1, 0.15) is 12.0 Å². The van der Waals surface area contributed by atoms with E-state index in [2.05, 4.69) is 25.2 Å². The predicted octanol–water partition coefficient (Wildman–Crippen LogP) is 2.95. The lowest BCUT2D eigenvalue weighted by Crippen LogP contribution is -2.38. The first kappa shape index (κ1) is 19.8. The molecule has 0 spiro atoms. The van der Waals surface area contributed by atoms with Crippen molar-refractivity contribution in [3.8, 4) is 0 Å². The topological polar surface area (TPSA) is 54.2 Å². The number of guanidine groups is 1. The Morgan fingerprint density at radius 3 is 2.61 bits per heavy atom. The molecule has 2 aromatic rings. The maximum Gasteiger partial charge on any atom is 0.190 e. The lowest BCUT2D eigenvalue weighted by atomic mass is 10.1. The fraction of sp³-hybridized carbons (Fsp3) is 0.375. The van der Waals surface area contributed by atoms with E-state index in [-0.39, 0.29) is 24.0 Å². The van der Waals surface area contributed by atoms with Crippen LogP contribution in [0, 0.1) is 0 Å². The number of aliphatic imine (C=N–C) groups is 1. The first-order valence-electron chi connectivity index (χ1n) is 7.42. The number of rotatable bonds is 7. The van der Waals surface area contributed by atoms with E-state index in [0.29, 0.717) is 0 Å². The van der Waals surface area contributed by atoms with Crippen LogP contribution in [0.3, 0.4) is 0 Å². The van der Waals surface area contributed by atoms with Gasteiger partial charge in [-0.1, -0.05) is 23.7 Å². The van der Waals surface area contributed by atoms with Gasteiger partial charge in [0.15, 0.2) is 5.96 Å². The summed E-state index contributed by atoms with van der Waals surface area (Å²) in [5.41, 5.74) is 1.26. The highest BCUT2D eigenvalue weighted by atomic mass is 127. The van der Waals surface area contributed by atoms with Gasteiger partial charge < -0.3 is 15.2 Å². The fourth-order valence-corrected chi connectivity index (χ4v) is 2.21. The minimum Gasteiger partial charge on any atom is -0.356 e. The van der Waals surface area contributed by atoms with Gasteiger partial charge in [0.1, 0.15) is 0 Å². The summed E-state index contributed by atoms with van der Waals surface area (Å²) in [7, 11) is 1.79. The third-order valence-corrected chi connectivity index (χ3v) is 3.54. The first-order valence-corrected chi connectivity index (χ1v) is 7.80. The SMILES string of the molecule is CN=C(NCCCn1ccnc1)NCCc1ccc(Cl)cc1.I. The molecule has 2 rings (SSSR count). The summed E-state index contributed by atoms with van der Waals surface area (Å²) in [6.07, 6.45) is 7.56. The minimum atomic E-state index is 0. The molecule has 2 N–H and O–H groups in total. The van der Waals surface area contributed by atoms with Gasteiger partial charge in [-0.3, -0.25) is 4.99 Å². The van der Waals surface area contributed by atoms with E-state index in [1.165, 1.54) is 5.56 Å². The molecule has 0 fully saturated rings. The summed E-state index contributed by atoms with van der Waals surface area (Å²) in [6, 6.07) is 7.93. The Morgan fingerprint density at radius 1 is 1.22 bits per heavy atom. The zero-order valence-electron chi connectivity index (χ0n) is 13.2. The highest BCUT2D eigenvalue weighted by Crippen LogP contribution is 2.09. The molecule has 7 heteroatoms. The van der Waals surface area contributed by atoms with Crippen molar-refractivity contribution in [3.63, 3.8) is 0 Å². The van der Waals surface area contributed by atoms with Crippen molar-refractivity contribution in [1.29, 1.82) is 0 Å². The molecule has 126 valence electrons. The highest BCUT2D eigenvalue weighted by molar-refractivity contribution is 14.0. The molecule has 23 heavy (non-hydrogen) atoms. The summed E-state index contributed by atoms with van der Waals surface area (Å²) in [4.78, 5) is 8.25. The number of imidazole rings is 1. The Bertz CT molecular complexity index is 569. The van der Waals surface area contributed by atoms with Gasteiger partial charge in [-0.2, -0.15) is 0 Å². The summed E-state index contributed by atoms with van der Waals surface area (Å²) >= 11 is 5.88. The summed E-state index contributed by atoms with van der Waals surface area (Å²) in [5, 5.41) is 7.39. The van der Waals surface area contributed by atoms with Crippen molar-refractivity contribution >= 4 is 41.5 Å². The van der Waals surface area contributed by atoms with Gasteiger partial charge in [0, 0.05) is 44.1 Å². The first-order chi connectivity index (χ1) is 10.8. The molecule has 1 heterocycles. The number of hydrogen-bond acceptors (Lipinski definition) is 2. The number of hydrogen-bond donors (Lipinski definition) is 2. The molecular formula is C16H23ClIN5. The molecule has 0 aliphatic carbocycles. The maximum absolute atomic E-state index is 5.88. The summed E-state index contributed by atoms with van der Waals surface area (Å²) in [5.74, 6) is 0.833. The van der Waals surface area contributed by atoms with Gasteiger partial charge >= 0.3 is 0 Å². The second-order valence-corrected chi connectivity index (χ2v) is 5.39. The van der Waals surface area contributed by atoms with Crippen LogP contribution in [0.4, 0.5) is 0 Å². The van der Waals surface area contributed by atoms with Crippen molar-refractivity contribution in [2.45, 2.75) is 19.4 Å². The van der Waals surface area contributed by atoms with Gasteiger partial charge in [0.05, 0.1) is 6.33 Å². The Hall–Kier alpha value is -1.28. The molecule has 0 atom stereocenters. The van der Waals surface area contributed by atoms with E-state index in [9.17, 15) is 0 Å². The third-order valence-electron chi connectivity index (χ3n) is 3.29. The van der Waals surface area contributed by atoms with Gasteiger partial charge in [0.25, 0.3) is 0 Å². The lowest BCUT2D eigenvalue weighted by Gasteiger charge is -2.12. The van der Waals surface area contributed by atoms with Crippen LogP contribution in [-0.4, -0.2) is 35.6 Å². The molecule has 1 aromatic carbocycles. The van der Waals surface area contributed by atoms with Crippen molar-refractivity contribution in [2.24, 2.45) is 4.99 Å². The van der Waals surface area contributed by atoms with Crippen LogP contribution < -0.4 is 10.6 Å². The molecule has 5 nitrogen and oxygen atoms in total. The zero-order chi connectivity index (χ0) is 15.6. The molecule has 0 unspecified atom stereocenters. The second-order valence-electron chi connectivity index (χ2n) is 4.96. The second kappa shape index (κ2) is 11.3. The van der Waals surface area contributed by atoms with Gasteiger partial charge in [0.2, 0.25) is 0 Å². The van der Waals surface area contributed by atoms with E-state index in [1.807, 2.05) is 36.8 Å². The van der Waals surface area contributed by atoms with Gasteiger partial charge in [-0.15, -0.1) is 24.0 Å². The van der Waals surface area contributed by atoms with Crippen molar-refractivity contribution in [2.75, 3.05) is 20.1 Å². The average Bonchev–Trinajstić information content (AvgIpc) is 3.05. The maximum atomic E-state index is 5.88. The van der Waals surface area contributed by atoms with Crippen LogP contribution in [-0.2, 0) is 13.0 Å². The van der Waals surface area contributed by atoms with E-state index >= 15 is 0 Å². The van der Waals surface area contributed by atoms with Gasteiger partial charge in [-0.25, -0.2) is 4.98 Å². The van der Waals surface area contributed by atoms with Gasteiger partial charge in [-0.05, 0) is 30.5 Å². The van der Waals surface area contributed by atoms with Crippen LogP contribution in [0.25, 0.3) is 0 Å².